The first kappa shape index (κ1) is 15.6. The van der Waals surface area contributed by atoms with Crippen molar-refractivity contribution >= 4 is 27.5 Å². The molecule has 1 unspecified atom stereocenters. The first-order valence-electron chi connectivity index (χ1n) is 6.83. The van der Waals surface area contributed by atoms with Crippen molar-refractivity contribution < 1.29 is 0 Å². The van der Waals surface area contributed by atoms with Gasteiger partial charge >= 0.3 is 0 Å². The van der Waals surface area contributed by atoms with Gasteiger partial charge in [0, 0.05) is 15.5 Å². The van der Waals surface area contributed by atoms with Crippen molar-refractivity contribution in [3.63, 3.8) is 0 Å². The molecule has 0 saturated carbocycles. The van der Waals surface area contributed by atoms with E-state index in [0.29, 0.717) is 0 Å². The fraction of sp³-hybridized carbons (Fsp3) is 0.294. The Morgan fingerprint density at radius 3 is 2.65 bits per heavy atom. The van der Waals surface area contributed by atoms with Gasteiger partial charge < -0.3 is 5.32 Å². The van der Waals surface area contributed by atoms with E-state index in [-0.39, 0.29) is 6.04 Å². The summed E-state index contributed by atoms with van der Waals surface area (Å²) < 4.78 is 1.12. The molecule has 0 bridgehead atoms. The molecule has 0 saturated heterocycles. The molecule has 0 fully saturated rings. The van der Waals surface area contributed by atoms with E-state index in [1.165, 1.54) is 16.7 Å². The van der Waals surface area contributed by atoms with Gasteiger partial charge in [-0.3, -0.25) is 0 Å². The number of rotatable bonds is 5. The van der Waals surface area contributed by atoms with Crippen LogP contribution in [0, 0.1) is 6.92 Å². The fourth-order valence-corrected chi connectivity index (χ4v) is 3.16. The number of halogens is 2. The fourth-order valence-electron chi connectivity index (χ4n) is 2.42. The van der Waals surface area contributed by atoms with Gasteiger partial charge in [0.15, 0.2) is 0 Å². The first-order chi connectivity index (χ1) is 9.58. The zero-order chi connectivity index (χ0) is 14.5. The Bertz CT molecular complexity index is 563. The van der Waals surface area contributed by atoms with E-state index in [0.717, 1.165) is 22.5 Å². The summed E-state index contributed by atoms with van der Waals surface area (Å²) in [6, 6.07) is 15.0. The lowest BCUT2D eigenvalue weighted by molar-refractivity contribution is 0.549. The second kappa shape index (κ2) is 7.26. The Morgan fingerprint density at radius 2 is 2.00 bits per heavy atom. The highest BCUT2D eigenvalue weighted by Gasteiger charge is 2.12. The van der Waals surface area contributed by atoms with Crippen molar-refractivity contribution in [3.05, 3.63) is 68.7 Å². The van der Waals surface area contributed by atoms with Crippen LogP contribution in [0.1, 0.15) is 29.7 Å². The molecular formula is C17H19BrClN. The van der Waals surface area contributed by atoms with Gasteiger partial charge in [-0.05, 0) is 60.8 Å². The minimum Gasteiger partial charge on any atom is -0.310 e. The number of aryl methyl sites for hydroxylation is 1. The summed E-state index contributed by atoms with van der Waals surface area (Å²) in [7, 11) is 0. The van der Waals surface area contributed by atoms with Crippen LogP contribution in [0.15, 0.2) is 46.9 Å². The SMILES string of the molecule is CCNC(Cc1cccc(Br)c1)c1cc(C)cc(Cl)c1. The van der Waals surface area contributed by atoms with Gasteiger partial charge in [-0.15, -0.1) is 0 Å². The maximum atomic E-state index is 6.19. The molecule has 3 heteroatoms. The number of nitrogens with one attached hydrogen (secondary N) is 1. The van der Waals surface area contributed by atoms with Gasteiger partial charge in [-0.25, -0.2) is 0 Å². The third kappa shape index (κ3) is 4.34. The molecule has 0 aromatic heterocycles. The van der Waals surface area contributed by atoms with Gasteiger partial charge in [0.1, 0.15) is 0 Å². The smallest absolute Gasteiger partial charge is 0.0411 e. The lowest BCUT2D eigenvalue weighted by Crippen LogP contribution is -2.23. The van der Waals surface area contributed by atoms with Crippen molar-refractivity contribution in [2.45, 2.75) is 26.3 Å². The normalized spacial score (nSPS) is 12.4. The van der Waals surface area contributed by atoms with Crippen LogP contribution in [0.4, 0.5) is 0 Å². The number of benzene rings is 2. The largest absolute Gasteiger partial charge is 0.310 e. The van der Waals surface area contributed by atoms with Crippen molar-refractivity contribution in [2.75, 3.05) is 6.54 Å². The van der Waals surface area contributed by atoms with E-state index in [4.69, 9.17) is 11.6 Å². The lowest BCUT2D eigenvalue weighted by atomic mass is 9.97. The third-order valence-electron chi connectivity index (χ3n) is 3.25. The van der Waals surface area contributed by atoms with Crippen LogP contribution < -0.4 is 5.32 Å². The molecule has 1 nitrogen and oxygen atoms in total. The Labute approximate surface area is 134 Å². The van der Waals surface area contributed by atoms with E-state index in [1.807, 2.05) is 6.07 Å². The summed E-state index contributed by atoms with van der Waals surface area (Å²) in [5.41, 5.74) is 3.75. The summed E-state index contributed by atoms with van der Waals surface area (Å²) in [6.07, 6.45) is 0.951. The van der Waals surface area contributed by atoms with E-state index in [9.17, 15) is 0 Å². The Balaban J connectivity index is 2.26. The lowest BCUT2D eigenvalue weighted by Gasteiger charge is -2.19. The van der Waals surface area contributed by atoms with Crippen LogP contribution in [0.3, 0.4) is 0 Å². The second-order valence-electron chi connectivity index (χ2n) is 5.01. The summed E-state index contributed by atoms with van der Waals surface area (Å²) >= 11 is 9.72. The average molecular weight is 353 g/mol. The van der Waals surface area contributed by atoms with E-state index in [2.05, 4.69) is 71.5 Å². The number of hydrogen-bond donors (Lipinski definition) is 1. The highest BCUT2D eigenvalue weighted by molar-refractivity contribution is 9.10. The van der Waals surface area contributed by atoms with Gasteiger partial charge in [-0.1, -0.05) is 52.7 Å². The third-order valence-corrected chi connectivity index (χ3v) is 3.96. The molecule has 1 atom stereocenters. The maximum absolute atomic E-state index is 6.19. The molecule has 2 aromatic rings. The van der Waals surface area contributed by atoms with E-state index in [1.54, 1.807) is 0 Å². The summed E-state index contributed by atoms with van der Waals surface area (Å²) in [6.45, 7) is 5.15. The predicted molar refractivity (Wildman–Crippen MR) is 90.5 cm³/mol. The van der Waals surface area contributed by atoms with E-state index >= 15 is 0 Å². The molecular weight excluding hydrogens is 334 g/mol. The summed E-state index contributed by atoms with van der Waals surface area (Å²) in [5.74, 6) is 0. The van der Waals surface area contributed by atoms with Crippen LogP contribution in [0.5, 0.6) is 0 Å². The Kier molecular flexibility index (Phi) is 5.64. The molecule has 2 aromatic carbocycles. The van der Waals surface area contributed by atoms with E-state index < -0.39 is 0 Å². The molecule has 1 N–H and O–H groups in total. The van der Waals surface area contributed by atoms with Crippen LogP contribution in [0.25, 0.3) is 0 Å². The molecule has 0 radical (unpaired) electrons. The molecule has 0 spiro atoms. The van der Waals surface area contributed by atoms with Crippen LogP contribution in [0.2, 0.25) is 5.02 Å². The van der Waals surface area contributed by atoms with Crippen molar-refractivity contribution in [1.29, 1.82) is 0 Å². The van der Waals surface area contributed by atoms with Crippen molar-refractivity contribution in [2.24, 2.45) is 0 Å². The van der Waals surface area contributed by atoms with Gasteiger partial charge in [0.25, 0.3) is 0 Å². The molecule has 0 aliphatic rings. The highest BCUT2D eigenvalue weighted by Crippen LogP contribution is 2.24. The Morgan fingerprint density at radius 1 is 1.20 bits per heavy atom. The molecule has 2 rings (SSSR count). The van der Waals surface area contributed by atoms with Crippen LogP contribution >= 0.6 is 27.5 Å². The monoisotopic (exact) mass is 351 g/mol. The molecule has 20 heavy (non-hydrogen) atoms. The standard InChI is InChI=1S/C17H19BrClN/c1-3-20-17(10-13-5-4-6-15(18)9-13)14-7-12(2)8-16(19)11-14/h4-9,11,17,20H,3,10H2,1-2H3. The molecule has 0 aliphatic carbocycles. The quantitative estimate of drug-likeness (QED) is 0.769. The predicted octanol–water partition coefficient (Wildman–Crippen LogP) is 5.30. The van der Waals surface area contributed by atoms with Gasteiger partial charge in [-0.2, -0.15) is 0 Å². The highest BCUT2D eigenvalue weighted by atomic mass is 79.9. The maximum Gasteiger partial charge on any atom is 0.0411 e. The summed E-state index contributed by atoms with van der Waals surface area (Å²) in [5, 5.41) is 4.35. The summed E-state index contributed by atoms with van der Waals surface area (Å²) in [4.78, 5) is 0. The second-order valence-corrected chi connectivity index (χ2v) is 6.36. The average Bonchev–Trinajstić information content (AvgIpc) is 2.37. The zero-order valence-corrected chi connectivity index (χ0v) is 14.1. The molecule has 0 heterocycles. The number of likely N-dealkylation sites (N-methyl/N-ethyl adjacent to an activating group) is 1. The zero-order valence-electron chi connectivity index (χ0n) is 11.8. The first-order valence-corrected chi connectivity index (χ1v) is 8.00. The molecule has 0 amide bonds. The number of hydrogen-bond acceptors (Lipinski definition) is 1. The van der Waals surface area contributed by atoms with Crippen LogP contribution in [-0.4, -0.2) is 6.54 Å². The molecule has 0 aliphatic heterocycles. The van der Waals surface area contributed by atoms with Crippen molar-refractivity contribution in [3.8, 4) is 0 Å². The Hall–Kier alpha value is -0.830. The minimum absolute atomic E-state index is 0.284. The topological polar surface area (TPSA) is 12.0 Å². The van der Waals surface area contributed by atoms with Gasteiger partial charge in [0.2, 0.25) is 0 Å². The van der Waals surface area contributed by atoms with Crippen molar-refractivity contribution in [1.82, 2.24) is 5.32 Å². The minimum atomic E-state index is 0.284. The van der Waals surface area contributed by atoms with Gasteiger partial charge in [0.05, 0.1) is 0 Å². The van der Waals surface area contributed by atoms with Crippen LogP contribution in [-0.2, 0) is 6.42 Å². The molecule has 106 valence electrons.